The van der Waals surface area contributed by atoms with Crippen molar-refractivity contribution < 1.29 is 0 Å². The topological polar surface area (TPSA) is 58.4 Å². The number of aromatic nitrogens is 2. The van der Waals surface area contributed by atoms with E-state index in [1.54, 1.807) is 0 Å². The third-order valence-corrected chi connectivity index (χ3v) is 9.33. The van der Waals surface area contributed by atoms with Crippen molar-refractivity contribution in [2.45, 2.75) is 0 Å². The van der Waals surface area contributed by atoms with Gasteiger partial charge in [-0.05, 0) is 35.4 Å². The summed E-state index contributed by atoms with van der Waals surface area (Å²) in [6.07, 6.45) is 1.87. The average molecular weight is 642 g/mol. The Kier molecular flexibility index (Phi) is 7.21. The highest BCUT2D eigenvalue weighted by Crippen LogP contribution is 2.39. The molecule has 0 unspecified atom stereocenters. The lowest BCUT2D eigenvalue weighted by Gasteiger charge is -2.10. The predicted octanol–water partition coefficient (Wildman–Crippen LogP) is 10.9. The third kappa shape index (κ3) is 5.00. The van der Waals surface area contributed by atoms with Gasteiger partial charge in [-0.15, -0.1) is 0 Å². The van der Waals surface area contributed by atoms with Gasteiger partial charge in [0.25, 0.3) is 0 Å². The van der Waals surface area contributed by atoms with Crippen molar-refractivity contribution in [2.24, 2.45) is 9.98 Å². The number of para-hydroxylation sites is 3. The molecule has 0 aliphatic carbocycles. The molecule has 0 atom stereocenters. The van der Waals surface area contributed by atoms with Crippen LogP contribution in [0.15, 0.2) is 186 Å². The van der Waals surface area contributed by atoms with E-state index in [4.69, 9.17) is 15.4 Å². The van der Waals surface area contributed by atoms with Crippen LogP contribution in [0.25, 0.3) is 60.4 Å². The molecule has 0 aliphatic rings. The SMILES string of the molecule is N=C(N=C(N=Cn1c2ccccc2c2ccc3c4ccccc4n(-c4ccccc4)c3c21)c1ccc(-c2ccccc2)cc1)c1ccccc1. The molecule has 5 nitrogen and oxygen atoms in total. The number of amidine groups is 2. The van der Waals surface area contributed by atoms with Crippen LogP contribution in [-0.2, 0) is 0 Å². The van der Waals surface area contributed by atoms with E-state index in [1.165, 1.54) is 10.8 Å². The normalized spacial score (nSPS) is 12.1. The third-order valence-electron chi connectivity index (χ3n) is 9.33. The van der Waals surface area contributed by atoms with Crippen molar-refractivity contribution >= 4 is 61.6 Å². The molecule has 2 aromatic heterocycles. The van der Waals surface area contributed by atoms with Crippen molar-refractivity contribution in [3.63, 3.8) is 0 Å². The highest BCUT2D eigenvalue weighted by Gasteiger charge is 2.20. The summed E-state index contributed by atoms with van der Waals surface area (Å²) in [5.74, 6) is 0.610. The first kappa shape index (κ1) is 29.3. The van der Waals surface area contributed by atoms with Gasteiger partial charge in [0.15, 0.2) is 11.7 Å². The standard InChI is InChI=1S/C45H31N5/c46-44(33-16-6-2-7-17-33)48-45(34-26-24-32(25-27-34)31-14-4-1-5-15-31)47-30-49-40-22-12-10-20-36(40)38-28-29-39-37-21-11-13-23-41(37)50(43(39)42(38)49)35-18-8-3-9-19-35/h1-30,46H. The molecule has 5 heteroatoms. The minimum absolute atomic E-state index is 0.152. The molecular formula is C45H31N5. The van der Waals surface area contributed by atoms with Crippen molar-refractivity contribution in [1.82, 2.24) is 9.13 Å². The van der Waals surface area contributed by atoms with Crippen LogP contribution in [-0.4, -0.2) is 27.1 Å². The molecule has 0 saturated heterocycles. The Labute approximate surface area is 289 Å². The minimum Gasteiger partial charge on any atom is -0.307 e. The Hall–Kier alpha value is -6.85. The lowest BCUT2D eigenvalue weighted by molar-refractivity contribution is 1.18. The second-order valence-electron chi connectivity index (χ2n) is 12.3. The summed E-state index contributed by atoms with van der Waals surface area (Å²) >= 11 is 0. The van der Waals surface area contributed by atoms with Gasteiger partial charge in [-0.2, -0.15) is 0 Å². The number of hydrogen-bond donors (Lipinski definition) is 1. The fourth-order valence-corrected chi connectivity index (χ4v) is 6.99. The molecule has 0 bridgehead atoms. The first-order chi connectivity index (χ1) is 24.7. The van der Waals surface area contributed by atoms with E-state index in [0.29, 0.717) is 5.84 Å². The molecular weight excluding hydrogens is 611 g/mol. The van der Waals surface area contributed by atoms with E-state index in [2.05, 4.69) is 124 Å². The van der Waals surface area contributed by atoms with Crippen LogP contribution < -0.4 is 0 Å². The average Bonchev–Trinajstić information content (AvgIpc) is 3.70. The van der Waals surface area contributed by atoms with Crippen molar-refractivity contribution in [3.8, 4) is 16.8 Å². The Bertz CT molecular complexity index is 2740. The van der Waals surface area contributed by atoms with Gasteiger partial charge in [0.1, 0.15) is 6.34 Å². The largest absolute Gasteiger partial charge is 0.307 e. The van der Waals surface area contributed by atoms with Crippen LogP contribution in [0.1, 0.15) is 11.1 Å². The van der Waals surface area contributed by atoms with Crippen LogP contribution in [0.4, 0.5) is 0 Å². The molecule has 0 amide bonds. The van der Waals surface area contributed by atoms with E-state index < -0.39 is 0 Å². The molecule has 9 rings (SSSR count). The number of nitrogens with zero attached hydrogens (tertiary/aromatic N) is 4. The number of aliphatic imine (C=N–C) groups is 2. The predicted molar refractivity (Wildman–Crippen MR) is 209 cm³/mol. The molecule has 0 saturated carbocycles. The van der Waals surface area contributed by atoms with Gasteiger partial charge >= 0.3 is 0 Å². The van der Waals surface area contributed by atoms with Crippen LogP contribution in [0, 0.1) is 5.41 Å². The number of nitrogens with one attached hydrogen (secondary N) is 1. The zero-order valence-electron chi connectivity index (χ0n) is 27.1. The molecule has 7 aromatic carbocycles. The molecule has 236 valence electrons. The molecule has 1 N–H and O–H groups in total. The fraction of sp³-hybridized carbons (Fsp3) is 0. The first-order valence-corrected chi connectivity index (χ1v) is 16.7. The second-order valence-corrected chi connectivity index (χ2v) is 12.3. The Morgan fingerprint density at radius 2 is 1.00 bits per heavy atom. The van der Waals surface area contributed by atoms with Crippen LogP contribution in [0.2, 0.25) is 0 Å². The van der Waals surface area contributed by atoms with Crippen LogP contribution >= 0.6 is 0 Å². The second kappa shape index (κ2) is 12.3. The van der Waals surface area contributed by atoms with Crippen LogP contribution in [0.5, 0.6) is 0 Å². The Morgan fingerprint density at radius 3 is 1.70 bits per heavy atom. The molecule has 9 aromatic rings. The summed E-state index contributed by atoms with van der Waals surface area (Å²) in [4.78, 5) is 9.93. The van der Waals surface area contributed by atoms with Gasteiger partial charge < -0.3 is 4.57 Å². The summed E-state index contributed by atoms with van der Waals surface area (Å²) in [5.41, 5.74) is 9.25. The highest BCUT2D eigenvalue weighted by molar-refractivity contribution is 6.25. The van der Waals surface area contributed by atoms with Gasteiger partial charge in [0, 0.05) is 38.4 Å². The first-order valence-electron chi connectivity index (χ1n) is 16.7. The quantitative estimate of drug-likeness (QED) is 0.144. The molecule has 50 heavy (non-hydrogen) atoms. The van der Waals surface area contributed by atoms with Crippen LogP contribution in [0.3, 0.4) is 0 Å². The minimum atomic E-state index is 0.152. The van der Waals surface area contributed by atoms with E-state index in [-0.39, 0.29) is 5.84 Å². The maximum absolute atomic E-state index is 8.92. The Balaban J connectivity index is 1.28. The lowest BCUT2D eigenvalue weighted by atomic mass is 10.0. The fourth-order valence-electron chi connectivity index (χ4n) is 6.99. The maximum Gasteiger partial charge on any atom is 0.163 e. The number of fused-ring (bicyclic) bond motifs is 7. The zero-order valence-corrected chi connectivity index (χ0v) is 27.1. The van der Waals surface area contributed by atoms with Gasteiger partial charge in [-0.1, -0.05) is 152 Å². The summed E-state index contributed by atoms with van der Waals surface area (Å²) in [6, 6.07) is 60.2. The molecule has 0 spiro atoms. The van der Waals surface area contributed by atoms with Gasteiger partial charge in [0.05, 0.1) is 22.1 Å². The summed E-state index contributed by atoms with van der Waals surface area (Å²) in [7, 11) is 0. The monoisotopic (exact) mass is 641 g/mol. The zero-order chi connectivity index (χ0) is 33.4. The number of rotatable bonds is 5. The summed E-state index contributed by atoms with van der Waals surface area (Å²) in [6.45, 7) is 0. The molecule has 2 heterocycles. The van der Waals surface area contributed by atoms with Gasteiger partial charge in [-0.3, -0.25) is 9.98 Å². The molecule has 0 radical (unpaired) electrons. The summed E-state index contributed by atoms with van der Waals surface area (Å²) < 4.78 is 4.55. The highest BCUT2D eigenvalue weighted by atomic mass is 15.1. The van der Waals surface area contributed by atoms with E-state index >= 15 is 0 Å². The Morgan fingerprint density at radius 1 is 0.460 bits per heavy atom. The lowest BCUT2D eigenvalue weighted by Crippen LogP contribution is -2.07. The molecule has 0 aliphatic heterocycles. The smallest absolute Gasteiger partial charge is 0.163 e. The van der Waals surface area contributed by atoms with E-state index in [9.17, 15) is 0 Å². The van der Waals surface area contributed by atoms with Crippen molar-refractivity contribution in [1.29, 1.82) is 5.41 Å². The van der Waals surface area contributed by atoms with Gasteiger partial charge in [-0.25, -0.2) is 9.98 Å². The maximum atomic E-state index is 8.92. The number of benzene rings is 7. The van der Waals surface area contributed by atoms with E-state index in [1.807, 2.05) is 67.0 Å². The van der Waals surface area contributed by atoms with E-state index in [0.717, 1.165) is 60.8 Å². The van der Waals surface area contributed by atoms with Crippen molar-refractivity contribution in [2.75, 3.05) is 0 Å². The van der Waals surface area contributed by atoms with Crippen molar-refractivity contribution in [3.05, 3.63) is 187 Å². The van der Waals surface area contributed by atoms with Gasteiger partial charge in [0.2, 0.25) is 0 Å². The summed E-state index contributed by atoms with van der Waals surface area (Å²) in [5, 5.41) is 13.6. The molecule has 0 fully saturated rings. The number of hydrogen-bond acceptors (Lipinski definition) is 1.